The SMILES string of the molecule is CN(Cc1cnc(CO)c2cn[nH]c12)C(=O)c1cc(Cl)c(-c2cccc(F)c2)c(OC2CC2)c1. The molecule has 0 aliphatic heterocycles. The third-order valence-electron chi connectivity index (χ3n) is 5.78. The molecule has 174 valence electrons. The largest absolute Gasteiger partial charge is 0.490 e. The number of aliphatic hydroxyl groups excluding tert-OH is 1. The van der Waals surface area contributed by atoms with E-state index in [0.29, 0.717) is 38.5 Å². The predicted octanol–water partition coefficient (Wildman–Crippen LogP) is 4.72. The molecule has 1 aliphatic rings. The summed E-state index contributed by atoms with van der Waals surface area (Å²) in [5, 5.41) is 17.5. The second kappa shape index (κ2) is 9.04. The van der Waals surface area contributed by atoms with Crippen molar-refractivity contribution in [3.8, 4) is 16.9 Å². The number of H-pyrrole nitrogens is 1. The van der Waals surface area contributed by atoms with Crippen LogP contribution in [0.25, 0.3) is 22.0 Å². The lowest BCUT2D eigenvalue weighted by Gasteiger charge is -2.20. The van der Waals surface area contributed by atoms with Crippen molar-refractivity contribution in [1.82, 2.24) is 20.1 Å². The highest BCUT2D eigenvalue weighted by Crippen LogP contribution is 2.41. The lowest BCUT2D eigenvalue weighted by molar-refractivity contribution is 0.0785. The summed E-state index contributed by atoms with van der Waals surface area (Å²) in [6.45, 7) is 0.0589. The van der Waals surface area contributed by atoms with E-state index >= 15 is 0 Å². The van der Waals surface area contributed by atoms with Gasteiger partial charge < -0.3 is 14.7 Å². The third-order valence-corrected chi connectivity index (χ3v) is 6.08. The molecule has 0 unspecified atom stereocenters. The first-order chi connectivity index (χ1) is 16.4. The van der Waals surface area contributed by atoms with Crippen molar-refractivity contribution in [3.63, 3.8) is 0 Å². The van der Waals surface area contributed by atoms with Gasteiger partial charge in [0.25, 0.3) is 5.91 Å². The van der Waals surface area contributed by atoms with Crippen molar-refractivity contribution in [2.45, 2.75) is 32.1 Å². The van der Waals surface area contributed by atoms with Crippen molar-refractivity contribution in [1.29, 1.82) is 0 Å². The van der Waals surface area contributed by atoms with Gasteiger partial charge in [-0.2, -0.15) is 5.10 Å². The summed E-state index contributed by atoms with van der Waals surface area (Å²) < 4.78 is 19.9. The molecular formula is C25H22ClFN4O3. The number of halogens is 2. The number of nitrogens with zero attached hydrogens (tertiary/aromatic N) is 3. The molecule has 9 heteroatoms. The zero-order valence-corrected chi connectivity index (χ0v) is 19.1. The van der Waals surface area contributed by atoms with E-state index < -0.39 is 0 Å². The van der Waals surface area contributed by atoms with E-state index in [2.05, 4.69) is 15.2 Å². The van der Waals surface area contributed by atoms with Gasteiger partial charge in [0.2, 0.25) is 0 Å². The maximum atomic E-state index is 13.9. The monoisotopic (exact) mass is 480 g/mol. The van der Waals surface area contributed by atoms with Crippen molar-refractivity contribution in [2.75, 3.05) is 7.05 Å². The van der Waals surface area contributed by atoms with Gasteiger partial charge in [-0.25, -0.2) is 4.39 Å². The summed E-state index contributed by atoms with van der Waals surface area (Å²) in [4.78, 5) is 19.1. The molecule has 2 aromatic carbocycles. The highest BCUT2D eigenvalue weighted by Gasteiger charge is 2.27. The Morgan fingerprint density at radius 3 is 2.85 bits per heavy atom. The number of amides is 1. The highest BCUT2D eigenvalue weighted by molar-refractivity contribution is 6.34. The minimum Gasteiger partial charge on any atom is -0.490 e. The fourth-order valence-corrected chi connectivity index (χ4v) is 4.24. The first kappa shape index (κ1) is 22.3. The van der Waals surface area contributed by atoms with E-state index in [4.69, 9.17) is 16.3 Å². The van der Waals surface area contributed by atoms with Crippen LogP contribution in [0.2, 0.25) is 5.02 Å². The Kier molecular flexibility index (Phi) is 5.93. The van der Waals surface area contributed by atoms with E-state index in [1.165, 1.54) is 12.1 Å². The third kappa shape index (κ3) is 4.34. The van der Waals surface area contributed by atoms with Crippen LogP contribution < -0.4 is 4.74 Å². The van der Waals surface area contributed by atoms with Gasteiger partial charge in [-0.1, -0.05) is 23.7 Å². The topological polar surface area (TPSA) is 91.3 Å². The number of carbonyl (C=O) groups is 1. The Balaban J connectivity index is 1.47. The number of aromatic nitrogens is 3. The standard InChI is InChI=1S/C25H22ClFN4O3/c1-31(12-16-10-28-21(13-32)19-11-29-30-24(16)19)25(33)15-8-20(26)23(14-3-2-4-17(27)7-14)22(9-15)34-18-5-6-18/h2-4,7-11,18,32H,5-6,12-13H2,1H3,(H,29,30). The number of pyridine rings is 1. The maximum Gasteiger partial charge on any atom is 0.254 e. The van der Waals surface area contributed by atoms with E-state index in [0.717, 1.165) is 23.9 Å². The van der Waals surface area contributed by atoms with Gasteiger partial charge in [0.05, 0.1) is 35.1 Å². The Morgan fingerprint density at radius 1 is 1.29 bits per heavy atom. The van der Waals surface area contributed by atoms with Gasteiger partial charge in [-0.05, 0) is 42.7 Å². The molecule has 4 aromatic rings. The smallest absolute Gasteiger partial charge is 0.254 e. The molecule has 5 rings (SSSR count). The number of nitrogens with one attached hydrogen (secondary N) is 1. The molecule has 2 heterocycles. The fourth-order valence-electron chi connectivity index (χ4n) is 3.92. The van der Waals surface area contributed by atoms with E-state index in [1.54, 1.807) is 48.6 Å². The van der Waals surface area contributed by atoms with Crippen molar-refractivity contribution >= 4 is 28.4 Å². The molecule has 0 radical (unpaired) electrons. The van der Waals surface area contributed by atoms with Gasteiger partial charge in [0.15, 0.2) is 0 Å². The molecule has 1 aliphatic carbocycles. The van der Waals surface area contributed by atoms with E-state index in [9.17, 15) is 14.3 Å². The molecule has 1 fully saturated rings. The molecule has 1 amide bonds. The summed E-state index contributed by atoms with van der Waals surface area (Å²) in [5.74, 6) is -0.175. The summed E-state index contributed by atoms with van der Waals surface area (Å²) >= 11 is 6.61. The van der Waals surface area contributed by atoms with Crippen LogP contribution in [0, 0.1) is 5.82 Å². The molecule has 0 atom stereocenters. The summed E-state index contributed by atoms with van der Waals surface area (Å²) in [6.07, 6.45) is 5.14. The van der Waals surface area contributed by atoms with Crippen LogP contribution in [0.4, 0.5) is 4.39 Å². The van der Waals surface area contributed by atoms with Crippen LogP contribution in [-0.4, -0.2) is 44.2 Å². The van der Waals surface area contributed by atoms with E-state index in [1.807, 2.05) is 0 Å². The Morgan fingerprint density at radius 2 is 2.12 bits per heavy atom. The molecule has 1 saturated carbocycles. The lowest BCUT2D eigenvalue weighted by atomic mass is 10.0. The van der Waals surface area contributed by atoms with Gasteiger partial charge in [-0.15, -0.1) is 0 Å². The lowest BCUT2D eigenvalue weighted by Crippen LogP contribution is -2.26. The number of aliphatic hydroxyl groups is 1. The number of fused-ring (bicyclic) bond motifs is 1. The van der Waals surface area contributed by atoms with Crippen molar-refractivity contribution in [2.24, 2.45) is 0 Å². The minimum atomic E-state index is -0.378. The number of carbonyl (C=O) groups excluding carboxylic acids is 1. The van der Waals surface area contributed by atoms with Gasteiger partial charge in [0, 0.05) is 41.9 Å². The normalized spacial score (nSPS) is 13.3. The quantitative estimate of drug-likeness (QED) is 0.399. The molecule has 0 bridgehead atoms. The number of aromatic amines is 1. The second-order valence-corrected chi connectivity index (χ2v) is 8.77. The first-order valence-corrected chi connectivity index (χ1v) is 11.2. The number of ether oxygens (including phenoxy) is 1. The molecule has 7 nitrogen and oxygen atoms in total. The van der Waals surface area contributed by atoms with E-state index in [-0.39, 0.29) is 31.0 Å². The van der Waals surface area contributed by atoms with Gasteiger partial charge in [0.1, 0.15) is 11.6 Å². The molecular weight excluding hydrogens is 459 g/mol. The average Bonchev–Trinajstić information content (AvgIpc) is 3.49. The number of benzene rings is 2. The minimum absolute atomic E-state index is 0.0660. The predicted molar refractivity (Wildman–Crippen MR) is 126 cm³/mol. The van der Waals surface area contributed by atoms with Gasteiger partial charge in [-0.3, -0.25) is 14.9 Å². The number of rotatable bonds is 7. The maximum absolute atomic E-state index is 13.9. The van der Waals surface area contributed by atoms with Crippen molar-refractivity contribution < 1.29 is 19.0 Å². The first-order valence-electron chi connectivity index (χ1n) is 10.9. The second-order valence-electron chi connectivity index (χ2n) is 8.37. The molecule has 0 saturated heterocycles. The molecule has 34 heavy (non-hydrogen) atoms. The molecule has 0 spiro atoms. The van der Waals surface area contributed by atoms with Crippen LogP contribution in [0.5, 0.6) is 5.75 Å². The highest BCUT2D eigenvalue weighted by atomic mass is 35.5. The zero-order chi connectivity index (χ0) is 23.8. The number of hydrogen-bond acceptors (Lipinski definition) is 5. The fraction of sp³-hybridized carbons (Fsp3) is 0.240. The summed E-state index contributed by atoms with van der Waals surface area (Å²) in [7, 11) is 1.68. The van der Waals surface area contributed by atoms with Crippen molar-refractivity contribution in [3.05, 3.63) is 76.5 Å². The Labute approximate surface area is 200 Å². The summed E-state index contributed by atoms with van der Waals surface area (Å²) in [6, 6.07) is 9.39. The zero-order valence-electron chi connectivity index (χ0n) is 18.4. The average molecular weight is 481 g/mol. The van der Waals surface area contributed by atoms with Crippen LogP contribution >= 0.6 is 11.6 Å². The molecule has 2 N–H and O–H groups in total. The van der Waals surface area contributed by atoms with Crippen LogP contribution in [0.15, 0.2) is 48.8 Å². The van der Waals surface area contributed by atoms with Crippen LogP contribution in [0.3, 0.4) is 0 Å². The Bertz CT molecular complexity index is 1390. The number of hydrogen-bond donors (Lipinski definition) is 2. The Hall–Kier alpha value is -3.49. The van der Waals surface area contributed by atoms with Gasteiger partial charge >= 0.3 is 0 Å². The van der Waals surface area contributed by atoms with Crippen LogP contribution in [-0.2, 0) is 13.2 Å². The van der Waals surface area contributed by atoms with Crippen LogP contribution in [0.1, 0.15) is 34.5 Å². The molecule has 2 aromatic heterocycles. The summed E-state index contributed by atoms with van der Waals surface area (Å²) in [5.41, 5.74) is 3.51.